The molecular weight excluding hydrogens is 314 g/mol. The number of nitrogens with one attached hydrogen (secondary N) is 1. The van der Waals surface area contributed by atoms with Crippen molar-refractivity contribution in [3.05, 3.63) is 70.2 Å². The first kappa shape index (κ1) is 17.0. The summed E-state index contributed by atoms with van der Waals surface area (Å²) in [4.78, 5) is 23.9. The van der Waals surface area contributed by atoms with E-state index in [1.54, 1.807) is 31.2 Å². The van der Waals surface area contributed by atoms with Crippen LogP contribution in [0, 0.1) is 6.92 Å². The number of amides is 1. The fourth-order valence-electron chi connectivity index (χ4n) is 2.18. The van der Waals surface area contributed by atoms with Crippen molar-refractivity contribution in [1.82, 2.24) is 5.32 Å². The first-order chi connectivity index (χ1) is 11.0. The molecule has 1 unspecified atom stereocenters. The number of ether oxygens (including phenoxy) is 1. The van der Waals surface area contributed by atoms with Crippen molar-refractivity contribution >= 4 is 23.5 Å². The van der Waals surface area contributed by atoms with Gasteiger partial charge < -0.3 is 10.1 Å². The van der Waals surface area contributed by atoms with Gasteiger partial charge in [0.2, 0.25) is 0 Å². The number of hydrogen-bond donors (Lipinski definition) is 1. The second-order valence-electron chi connectivity index (χ2n) is 5.15. The van der Waals surface area contributed by atoms with Gasteiger partial charge in [0.15, 0.2) is 0 Å². The summed E-state index contributed by atoms with van der Waals surface area (Å²) in [5.41, 5.74) is 2.12. The van der Waals surface area contributed by atoms with Crippen LogP contribution in [0.25, 0.3) is 0 Å². The molecule has 0 aromatic heterocycles. The van der Waals surface area contributed by atoms with Crippen molar-refractivity contribution < 1.29 is 14.3 Å². The lowest BCUT2D eigenvalue weighted by Gasteiger charge is -2.15. The van der Waals surface area contributed by atoms with Crippen molar-refractivity contribution in [2.75, 3.05) is 6.54 Å². The predicted molar refractivity (Wildman–Crippen MR) is 89.5 cm³/mol. The monoisotopic (exact) mass is 331 g/mol. The number of halogens is 1. The molecule has 0 aliphatic carbocycles. The first-order valence-corrected chi connectivity index (χ1v) is 7.64. The maximum absolute atomic E-state index is 12.0. The Kier molecular flexibility index (Phi) is 5.77. The van der Waals surface area contributed by atoms with E-state index in [1.807, 2.05) is 31.2 Å². The van der Waals surface area contributed by atoms with Crippen LogP contribution in [-0.2, 0) is 9.53 Å². The van der Waals surface area contributed by atoms with Gasteiger partial charge in [-0.1, -0.05) is 48.0 Å². The van der Waals surface area contributed by atoms with Gasteiger partial charge in [0.1, 0.15) is 12.6 Å². The molecule has 5 heteroatoms. The third kappa shape index (κ3) is 4.57. The molecule has 120 valence electrons. The van der Waals surface area contributed by atoms with Crippen molar-refractivity contribution in [2.24, 2.45) is 0 Å². The van der Waals surface area contributed by atoms with Crippen LogP contribution in [0.2, 0.25) is 5.02 Å². The summed E-state index contributed by atoms with van der Waals surface area (Å²) in [5.74, 6) is -0.815. The number of esters is 1. The molecule has 0 fully saturated rings. The molecule has 0 aliphatic rings. The van der Waals surface area contributed by atoms with E-state index in [9.17, 15) is 9.59 Å². The van der Waals surface area contributed by atoms with E-state index in [-0.39, 0.29) is 12.5 Å². The zero-order valence-corrected chi connectivity index (χ0v) is 13.8. The highest BCUT2D eigenvalue weighted by Crippen LogP contribution is 2.24. The van der Waals surface area contributed by atoms with Crippen molar-refractivity contribution in [3.63, 3.8) is 0 Å². The third-order valence-corrected chi connectivity index (χ3v) is 3.78. The zero-order chi connectivity index (χ0) is 16.8. The van der Waals surface area contributed by atoms with Crippen LogP contribution in [0.4, 0.5) is 0 Å². The summed E-state index contributed by atoms with van der Waals surface area (Å²) in [6, 6.07) is 14.3. The van der Waals surface area contributed by atoms with Gasteiger partial charge in [-0.3, -0.25) is 9.59 Å². The van der Waals surface area contributed by atoms with E-state index in [0.717, 1.165) is 11.1 Å². The van der Waals surface area contributed by atoms with Crippen LogP contribution >= 0.6 is 11.6 Å². The highest BCUT2D eigenvalue weighted by Gasteiger charge is 2.15. The van der Waals surface area contributed by atoms with E-state index in [4.69, 9.17) is 16.3 Å². The molecule has 0 radical (unpaired) electrons. The largest absolute Gasteiger partial charge is 0.456 e. The van der Waals surface area contributed by atoms with E-state index >= 15 is 0 Å². The van der Waals surface area contributed by atoms with Gasteiger partial charge >= 0.3 is 5.97 Å². The summed E-state index contributed by atoms with van der Waals surface area (Å²) in [6.45, 7) is 3.39. The summed E-state index contributed by atoms with van der Waals surface area (Å²) < 4.78 is 5.30. The molecule has 23 heavy (non-hydrogen) atoms. The molecule has 0 spiro atoms. The fraction of sp³-hybridized carbons (Fsp3) is 0.222. The van der Waals surface area contributed by atoms with Crippen molar-refractivity contribution in [2.45, 2.75) is 20.0 Å². The van der Waals surface area contributed by atoms with E-state index < -0.39 is 12.1 Å². The average molecular weight is 332 g/mol. The van der Waals surface area contributed by atoms with Gasteiger partial charge in [-0.15, -0.1) is 0 Å². The Morgan fingerprint density at radius 1 is 1.13 bits per heavy atom. The van der Waals surface area contributed by atoms with Gasteiger partial charge in [0.25, 0.3) is 5.91 Å². The SMILES string of the molecule is Cc1ccccc1C(=O)NCC(=O)OC(C)c1ccccc1Cl. The van der Waals surface area contributed by atoms with Crippen molar-refractivity contribution in [3.8, 4) is 0 Å². The minimum absolute atomic E-state index is 0.192. The molecule has 1 N–H and O–H groups in total. The van der Waals surface area contributed by atoms with Crippen LogP contribution in [-0.4, -0.2) is 18.4 Å². The van der Waals surface area contributed by atoms with Gasteiger partial charge in [0.05, 0.1) is 0 Å². The maximum atomic E-state index is 12.0. The topological polar surface area (TPSA) is 55.4 Å². The third-order valence-electron chi connectivity index (χ3n) is 3.43. The Bertz CT molecular complexity index is 715. The van der Waals surface area contributed by atoms with Crippen LogP contribution in [0.3, 0.4) is 0 Å². The van der Waals surface area contributed by atoms with Crippen LogP contribution in [0.5, 0.6) is 0 Å². The van der Waals surface area contributed by atoms with Crippen LogP contribution < -0.4 is 5.32 Å². The van der Waals surface area contributed by atoms with Crippen molar-refractivity contribution in [1.29, 1.82) is 0 Å². The smallest absolute Gasteiger partial charge is 0.326 e. The Morgan fingerprint density at radius 2 is 1.78 bits per heavy atom. The zero-order valence-electron chi connectivity index (χ0n) is 13.0. The lowest BCUT2D eigenvalue weighted by Crippen LogP contribution is -2.31. The lowest BCUT2D eigenvalue weighted by molar-refractivity contribution is -0.147. The normalized spacial score (nSPS) is 11.6. The Balaban J connectivity index is 1.89. The minimum atomic E-state index is -0.514. The summed E-state index contributed by atoms with van der Waals surface area (Å²) in [5, 5.41) is 3.10. The second kappa shape index (κ2) is 7.79. The summed E-state index contributed by atoms with van der Waals surface area (Å²) in [6.07, 6.45) is -0.480. The Hall–Kier alpha value is -2.33. The van der Waals surface area contributed by atoms with Gasteiger partial charge in [-0.05, 0) is 31.5 Å². The summed E-state index contributed by atoms with van der Waals surface area (Å²) >= 11 is 6.07. The standard InChI is InChI=1S/C18H18ClNO3/c1-12-7-3-4-8-14(12)18(22)20-11-17(21)23-13(2)15-9-5-6-10-16(15)19/h3-10,13H,11H2,1-2H3,(H,20,22). The molecule has 2 aromatic rings. The fourth-order valence-corrected chi connectivity index (χ4v) is 2.47. The molecule has 0 saturated carbocycles. The highest BCUT2D eigenvalue weighted by molar-refractivity contribution is 6.31. The molecule has 0 aliphatic heterocycles. The first-order valence-electron chi connectivity index (χ1n) is 7.26. The van der Waals surface area contributed by atoms with E-state index in [2.05, 4.69) is 5.32 Å². The molecule has 2 aromatic carbocycles. The molecule has 2 rings (SSSR count). The molecular formula is C18H18ClNO3. The number of rotatable bonds is 5. The predicted octanol–water partition coefficient (Wildman–Crippen LogP) is 3.68. The molecule has 0 bridgehead atoms. The van der Waals surface area contributed by atoms with E-state index in [0.29, 0.717) is 10.6 Å². The Labute approximate surface area is 140 Å². The summed E-state index contributed by atoms with van der Waals surface area (Å²) in [7, 11) is 0. The maximum Gasteiger partial charge on any atom is 0.326 e. The minimum Gasteiger partial charge on any atom is -0.456 e. The highest BCUT2D eigenvalue weighted by atomic mass is 35.5. The molecule has 1 amide bonds. The van der Waals surface area contributed by atoms with Crippen LogP contribution in [0.1, 0.15) is 34.5 Å². The molecule has 1 atom stereocenters. The quantitative estimate of drug-likeness (QED) is 0.850. The number of carbonyl (C=O) groups is 2. The number of benzene rings is 2. The van der Waals surface area contributed by atoms with Gasteiger partial charge in [-0.25, -0.2) is 0 Å². The van der Waals surface area contributed by atoms with Gasteiger partial charge in [-0.2, -0.15) is 0 Å². The number of aryl methyl sites for hydroxylation is 1. The molecule has 0 saturated heterocycles. The van der Waals surface area contributed by atoms with Gasteiger partial charge in [0, 0.05) is 16.1 Å². The lowest BCUT2D eigenvalue weighted by atomic mass is 10.1. The van der Waals surface area contributed by atoms with Crippen LogP contribution in [0.15, 0.2) is 48.5 Å². The second-order valence-corrected chi connectivity index (χ2v) is 5.56. The van der Waals surface area contributed by atoms with E-state index in [1.165, 1.54) is 0 Å². The number of hydrogen-bond acceptors (Lipinski definition) is 3. The Morgan fingerprint density at radius 3 is 2.48 bits per heavy atom. The molecule has 4 nitrogen and oxygen atoms in total. The average Bonchev–Trinajstić information content (AvgIpc) is 2.53. The molecule has 0 heterocycles. The number of carbonyl (C=O) groups excluding carboxylic acids is 2.